The van der Waals surface area contributed by atoms with E-state index in [0.29, 0.717) is 22.0 Å². The van der Waals surface area contributed by atoms with E-state index >= 15 is 0 Å². The molecule has 33 heavy (non-hydrogen) atoms. The molecular weight excluding hydrogens is 450 g/mol. The van der Waals surface area contributed by atoms with Crippen molar-refractivity contribution in [3.8, 4) is 5.75 Å². The number of rotatable bonds is 5. The van der Waals surface area contributed by atoms with Crippen LogP contribution in [0.5, 0.6) is 5.75 Å². The Morgan fingerprint density at radius 3 is 2.30 bits per heavy atom. The average Bonchev–Trinajstić information content (AvgIpc) is 3.00. The summed E-state index contributed by atoms with van der Waals surface area (Å²) in [4.78, 5) is 27.7. The molecule has 0 saturated heterocycles. The van der Waals surface area contributed by atoms with Gasteiger partial charge in [0.15, 0.2) is 11.6 Å². The van der Waals surface area contributed by atoms with Crippen molar-refractivity contribution < 1.29 is 23.1 Å². The zero-order valence-corrected chi connectivity index (χ0v) is 18.8. The van der Waals surface area contributed by atoms with Crippen LogP contribution in [0, 0.1) is 25.5 Å². The second-order valence-corrected chi connectivity index (χ2v) is 7.99. The van der Waals surface area contributed by atoms with Crippen LogP contribution in [0.2, 0.25) is 5.02 Å². The largest absolute Gasteiger partial charge is 0.495 e. The van der Waals surface area contributed by atoms with Crippen LogP contribution >= 0.6 is 11.6 Å². The number of carbonyl (C=O) groups is 2. The quantitative estimate of drug-likeness (QED) is 0.492. The Morgan fingerprint density at radius 1 is 0.909 bits per heavy atom. The summed E-state index contributed by atoms with van der Waals surface area (Å²) >= 11 is 6.21. The molecule has 4 rings (SSSR count). The Balaban J connectivity index is 1.85. The van der Waals surface area contributed by atoms with E-state index in [9.17, 15) is 18.4 Å². The number of anilines is 2. The van der Waals surface area contributed by atoms with Crippen molar-refractivity contribution in [1.29, 1.82) is 0 Å². The van der Waals surface area contributed by atoms with E-state index in [-0.39, 0.29) is 17.0 Å². The first-order valence-electron chi connectivity index (χ1n) is 9.97. The monoisotopic (exact) mass is 468 g/mol. The SMILES string of the molecule is COc1ccc(NC2=C(c3ccc(C)cc3C)C(=O)N(c3ccc(F)c(F)c3)C2=O)cc1Cl. The Morgan fingerprint density at radius 2 is 1.67 bits per heavy atom. The van der Waals surface area contributed by atoms with Gasteiger partial charge in [-0.3, -0.25) is 9.59 Å². The fraction of sp³-hybridized carbons (Fsp3) is 0.120. The zero-order valence-electron chi connectivity index (χ0n) is 18.0. The first-order valence-corrected chi connectivity index (χ1v) is 10.4. The number of hydrogen-bond donors (Lipinski definition) is 1. The van der Waals surface area contributed by atoms with Gasteiger partial charge in [-0.25, -0.2) is 13.7 Å². The van der Waals surface area contributed by atoms with Gasteiger partial charge in [0.05, 0.1) is 23.4 Å². The molecule has 0 atom stereocenters. The highest BCUT2D eigenvalue weighted by molar-refractivity contribution is 6.46. The molecular formula is C25H19ClF2N2O3. The minimum atomic E-state index is -1.16. The molecule has 0 radical (unpaired) electrons. The Labute approximate surface area is 194 Å². The summed E-state index contributed by atoms with van der Waals surface area (Å²) in [5.74, 6) is -3.15. The van der Waals surface area contributed by atoms with Gasteiger partial charge < -0.3 is 10.1 Å². The van der Waals surface area contributed by atoms with E-state index in [1.165, 1.54) is 13.2 Å². The summed E-state index contributed by atoms with van der Waals surface area (Å²) in [6.45, 7) is 3.74. The maximum Gasteiger partial charge on any atom is 0.282 e. The lowest BCUT2D eigenvalue weighted by Gasteiger charge is -2.16. The van der Waals surface area contributed by atoms with Crippen molar-refractivity contribution in [1.82, 2.24) is 0 Å². The second kappa shape index (κ2) is 8.67. The van der Waals surface area contributed by atoms with E-state index < -0.39 is 23.4 Å². The number of nitrogens with one attached hydrogen (secondary N) is 1. The number of amides is 2. The molecule has 1 heterocycles. The first kappa shape index (κ1) is 22.5. The van der Waals surface area contributed by atoms with Gasteiger partial charge in [-0.15, -0.1) is 0 Å². The van der Waals surface area contributed by atoms with Gasteiger partial charge in [-0.2, -0.15) is 0 Å². The smallest absolute Gasteiger partial charge is 0.282 e. The third kappa shape index (κ3) is 4.07. The maximum absolute atomic E-state index is 13.9. The second-order valence-electron chi connectivity index (χ2n) is 7.59. The number of carbonyl (C=O) groups excluding carboxylic acids is 2. The highest BCUT2D eigenvalue weighted by Gasteiger charge is 2.41. The van der Waals surface area contributed by atoms with Crippen molar-refractivity contribution in [3.05, 3.63) is 93.6 Å². The van der Waals surface area contributed by atoms with E-state index in [0.717, 1.165) is 28.2 Å². The molecule has 0 saturated carbocycles. The molecule has 0 spiro atoms. The zero-order chi connectivity index (χ0) is 23.9. The highest BCUT2D eigenvalue weighted by atomic mass is 35.5. The highest BCUT2D eigenvalue weighted by Crippen LogP contribution is 2.36. The molecule has 2 amide bonds. The standard InChI is InChI=1S/C25H19ClF2N2O3/c1-13-4-7-17(14(2)10-13)22-23(29-15-5-9-21(33-3)18(26)11-15)25(32)30(24(22)31)16-6-8-19(27)20(28)12-16/h4-12,29H,1-3H3. The molecule has 0 unspecified atom stereocenters. The van der Waals surface area contributed by atoms with E-state index in [4.69, 9.17) is 16.3 Å². The van der Waals surface area contributed by atoms with Crippen LogP contribution in [0.25, 0.3) is 5.57 Å². The van der Waals surface area contributed by atoms with Crippen LogP contribution in [0.4, 0.5) is 20.2 Å². The summed E-state index contributed by atoms with van der Waals surface area (Å²) in [5.41, 5.74) is 2.81. The van der Waals surface area contributed by atoms with Crippen molar-refractivity contribution in [2.45, 2.75) is 13.8 Å². The van der Waals surface area contributed by atoms with Crippen LogP contribution in [0.15, 0.2) is 60.3 Å². The Hall–Kier alpha value is -3.71. The van der Waals surface area contributed by atoms with Crippen LogP contribution in [0.1, 0.15) is 16.7 Å². The number of benzene rings is 3. The van der Waals surface area contributed by atoms with Gasteiger partial charge in [-0.05, 0) is 55.3 Å². The molecule has 1 aliphatic heterocycles. The lowest BCUT2D eigenvalue weighted by atomic mass is 9.97. The maximum atomic E-state index is 13.9. The van der Waals surface area contributed by atoms with Crippen LogP contribution < -0.4 is 15.0 Å². The minimum absolute atomic E-state index is 0.00193. The fourth-order valence-corrected chi connectivity index (χ4v) is 3.99. The average molecular weight is 469 g/mol. The van der Waals surface area contributed by atoms with Crippen molar-refractivity contribution in [2.75, 3.05) is 17.3 Å². The molecule has 0 fully saturated rings. The summed E-state index contributed by atoms with van der Waals surface area (Å²) in [7, 11) is 1.48. The van der Waals surface area contributed by atoms with E-state index in [1.54, 1.807) is 24.3 Å². The van der Waals surface area contributed by atoms with Crippen molar-refractivity contribution in [2.24, 2.45) is 0 Å². The molecule has 3 aromatic carbocycles. The summed E-state index contributed by atoms with van der Waals surface area (Å²) in [5, 5.41) is 3.30. The van der Waals surface area contributed by atoms with Crippen LogP contribution in [-0.4, -0.2) is 18.9 Å². The number of nitrogens with zero attached hydrogens (tertiary/aromatic N) is 1. The third-order valence-corrected chi connectivity index (χ3v) is 5.61. The Kier molecular flexibility index (Phi) is 5.91. The third-order valence-electron chi connectivity index (χ3n) is 5.32. The van der Waals surface area contributed by atoms with Gasteiger partial charge in [0.2, 0.25) is 0 Å². The van der Waals surface area contributed by atoms with Gasteiger partial charge in [0, 0.05) is 11.8 Å². The number of methoxy groups -OCH3 is 1. The lowest BCUT2D eigenvalue weighted by molar-refractivity contribution is -0.120. The van der Waals surface area contributed by atoms with Crippen LogP contribution in [0.3, 0.4) is 0 Å². The molecule has 0 aliphatic carbocycles. The van der Waals surface area contributed by atoms with E-state index in [2.05, 4.69) is 5.32 Å². The van der Waals surface area contributed by atoms with Gasteiger partial charge in [0.1, 0.15) is 11.4 Å². The number of ether oxygens (including phenoxy) is 1. The molecule has 1 aliphatic rings. The normalized spacial score (nSPS) is 13.7. The van der Waals surface area contributed by atoms with Crippen LogP contribution in [-0.2, 0) is 9.59 Å². The minimum Gasteiger partial charge on any atom is -0.495 e. The molecule has 0 aromatic heterocycles. The topological polar surface area (TPSA) is 58.6 Å². The predicted molar refractivity (Wildman–Crippen MR) is 123 cm³/mol. The lowest BCUT2D eigenvalue weighted by Crippen LogP contribution is -2.32. The molecule has 8 heteroatoms. The summed E-state index contributed by atoms with van der Waals surface area (Å²) in [6.07, 6.45) is 0. The van der Waals surface area contributed by atoms with E-state index in [1.807, 2.05) is 26.0 Å². The molecule has 168 valence electrons. The Bertz CT molecular complexity index is 1340. The van der Waals surface area contributed by atoms with Crippen molar-refractivity contribution in [3.63, 3.8) is 0 Å². The van der Waals surface area contributed by atoms with Gasteiger partial charge in [-0.1, -0.05) is 35.4 Å². The molecule has 1 N–H and O–H groups in total. The number of imide groups is 1. The van der Waals surface area contributed by atoms with Gasteiger partial charge >= 0.3 is 0 Å². The molecule has 0 bridgehead atoms. The number of halogens is 3. The van der Waals surface area contributed by atoms with Gasteiger partial charge in [0.25, 0.3) is 11.8 Å². The first-order chi connectivity index (χ1) is 15.7. The fourth-order valence-electron chi connectivity index (χ4n) is 3.74. The van der Waals surface area contributed by atoms with Crippen molar-refractivity contribution >= 4 is 40.4 Å². The molecule has 3 aromatic rings. The number of hydrogen-bond acceptors (Lipinski definition) is 4. The number of aryl methyl sites for hydroxylation is 2. The predicted octanol–water partition coefficient (Wildman–Crippen LogP) is 5.64. The summed E-state index contributed by atoms with van der Waals surface area (Å²) < 4.78 is 32.5. The summed E-state index contributed by atoms with van der Waals surface area (Å²) in [6, 6.07) is 13.2. The molecule has 5 nitrogen and oxygen atoms in total.